The fraction of sp³-hybridized carbons (Fsp3) is 0.611. The minimum Gasteiger partial charge on any atom is -0.446 e. The van der Waals surface area contributed by atoms with Gasteiger partial charge >= 0.3 is 6.09 Å². The number of aliphatic hydroxyl groups excluding tert-OH is 1. The van der Waals surface area contributed by atoms with Crippen molar-refractivity contribution in [3.8, 4) is 0 Å². The highest BCUT2D eigenvalue weighted by Crippen LogP contribution is 2.33. The van der Waals surface area contributed by atoms with Gasteiger partial charge in [-0.05, 0) is 63.3 Å². The standard InChI is InChI=1S/C36H48F2N4O9S/c1-22(2)39-35-40-29-17-24-21-47-11-7-5-3-4-6-10-42(52(45,46)33(24)19-32(29)50-35)20-30(43)28(16-23-14-25(37)18-26(38)15-23)41-36(44)51-31-9-13-49-34-27(31)8-12-48-34/h14-15,17-19,22,27-28,30-31,34,43H,3-13,16,20-21H2,1-2H3,(H,39,40)(H,41,44)/t27-,28-,30+,31-,34+/m0/s1. The zero-order chi connectivity index (χ0) is 36.8. The van der Waals surface area contributed by atoms with Crippen LogP contribution in [0.1, 0.15) is 69.9 Å². The number of β-amino-alcohol motifs (C(OH)–C–C–N with tert-alkyl or cyclic N) is 1. The Morgan fingerprint density at radius 3 is 2.52 bits per heavy atom. The van der Waals surface area contributed by atoms with Crippen LogP contribution < -0.4 is 10.6 Å². The van der Waals surface area contributed by atoms with Gasteiger partial charge in [-0.1, -0.05) is 19.3 Å². The summed E-state index contributed by atoms with van der Waals surface area (Å²) in [5, 5.41) is 17.5. The van der Waals surface area contributed by atoms with Gasteiger partial charge < -0.3 is 39.1 Å². The average molecular weight is 751 g/mol. The quantitative estimate of drug-likeness (QED) is 0.262. The molecule has 3 N–H and O–H groups in total. The number of anilines is 1. The third-order valence-corrected chi connectivity index (χ3v) is 11.5. The molecule has 1 aromatic heterocycles. The van der Waals surface area contributed by atoms with Gasteiger partial charge in [-0.3, -0.25) is 0 Å². The molecule has 6 rings (SSSR count). The monoisotopic (exact) mass is 750 g/mol. The van der Waals surface area contributed by atoms with Crippen LogP contribution in [0.5, 0.6) is 0 Å². The molecule has 286 valence electrons. The number of halogens is 2. The number of oxazole rings is 1. The number of aromatic nitrogens is 1. The molecule has 2 fully saturated rings. The van der Waals surface area contributed by atoms with E-state index < -0.39 is 58.8 Å². The second-order valence-corrected chi connectivity index (χ2v) is 15.9. The summed E-state index contributed by atoms with van der Waals surface area (Å²) in [7, 11) is -4.31. The minimum absolute atomic E-state index is 0.0148. The van der Waals surface area contributed by atoms with E-state index in [0.29, 0.717) is 50.2 Å². The maximum Gasteiger partial charge on any atom is 0.407 e. The number of aliphatic hydroxyl groups is 1. The second kappa shape index (κ2) is 17.2. The Bertz CT molecular complexity index is 1770. The van der Waals surface area contributed by atoms with E-state index in [1.165, 1.54) is 10.4 Å². The lowest BCUT2D eigenvalue weighted by Gasteiger charge is -2.33. The van der Waals surface area contributed by atoms with Gasteiger partial charge in [-0.2, -0.15) is 9.29 Å². The van der Waals surface area contributed by atoms with Gasteiger partial charge in [0.15, 0.2) is 11.9 Å². The first-order valence-corrected chi connectivity index (χ1v) is 19.5. The summed E-state index contributed by atoms with van der Waals surface area (Å²) >= 11 is 0. The highest BCUT2D eigenvalue weighted by atomic mass is 32.2. The van der Waals surface area contributed by atoms with Crippen molar-refractivity contribution in [1.82, 2.24) is 14.6 Å². The lowest BCUT2D eigenvalue weighted by Crippen LogP contribution is -2.52. The van der Waals surface area contributed by atoms with Gasteiger partial charge in [0.1, 0.15) is 23.3 Å². The van der Waals surface area contributed by atoms with Crippen LogP contribution in [0.15, 0.2) is 39.6 Å². The molecule has 0 aliphatic carbocycles. The molecule has 0 radical (unpaired) electrons. The van der Waals surface area contributed by atoms with E-state index in [-0.39, 0.29) is 53.6 Å². The number of rotatable bonds is 9. The molecule has 2 saturated heterocycles. The number of benzene rings is 2. The summed E-state index contributed by atoms with van der Waals surface area (Å²) < 4.78 is 87.7. The zero-order valence-corrected chi connectivity index (χ0v) is 30.3. The number of sulfonamides is 1. The molecule has 0 unspecified atom stereocenters. The number of carbonyl (C=O) groups is 1. The molecule has 2 aromatic carbocycles. The number of ether oxygens (including phenoxy) is 4. The van der Waals surface area contributed by atoms with Crippen molar-refractivity contribution in [2.75, 3.05) is 38.2 Å². The van der Waals surface area contributed by atoms with Gasteiger partial charge in [0.05, 0.1) is 36.9 Å². The van der Waals surface area contributed by atoms with Crippen molar-refractivity contribution in [1.29, 1.82) is 0 Å². The van der Waals surface area contributed by atoms with E-state index in [1.807, 2.05) is 13.8 Å². The van der Waals surface area contributed by atoms with Crippen LogP contribution in [-0.4, -0.2) is 92.4 Å². The van der Waals surface area contributed by atoms with Crippen molar-refractivity contribution in [2.45, 2.75) is 107 Å². The van der Waals surface area contributed by atoms with Crippen molar-refractivity contribution in [3.63, 3.8) is 0 Å². The molecular formula is C36H48F2N4O9S. The molecule has 0 saturated carbocycles. The smallest absolute Gasteiger partial charge is 0.407 e. The first-order valence-electron chi connectivity index (χ1n) is 18.1. The summed E-state index contributed by atoms with van der Waals surface area (Å²) in [6.45, 7) is 4.78. The number of carbonyl (C=O) groups excluding carboxylic acids is 1. The highest BCUT2D eigenvalue weighted by Gasteiger charge is 2.41. The lowest BCUT2D eigenvalue weighted by atomic mass is 9.95. The molecular weight excluding hydrogens is 702 g/mol. The Labute approximate surface area is 302 Å². The van der Waals surface area contributed by atoms with E-state index in [9.17, 15) is 27.1 Å². The number of hydrogen-bond acceptors (Lipinski definition) is 11. The molecule has 3 aromatic rings. The third-order valence-electron chi connectivity index (χ3n) is 9.59. The van der Waals surface area contributed by atoms with Crippen LogP contribution in [-0.2, 0) is 42.0 Å². The maximum atomic E-state index is 14.6. The van der Waals surface area contributed by atoms with E-state index in [4.69, 9.17) is 23.4 Å². The predicted molar refractivity (Wildman–Crippen MR) is 186 cm³/mol. The number of amides is 1. The number of hydrogen-bond donors (Lipinski definition) is 3. The highest BCUT2D eigenvalue weighted by molar-refractivity contribution is 7.89. The van der Waals surface area contributed by atoms with Gasteiger partial charge in [-0.15, -0.1) is 0 Å². The van der Waals surface area contributed by atoms with Crippen molar-refractivity contribution >= 4 is 33.2 Å². The third kappa shape index (κ3) is 9.57. The van der Waals surface area contributed by atoms with Crippen LogP contribution in [0, 0.1) is 17.6 Å². The minimum atomic E-state index is -4.31. The number of nitrogens with one attached hydrogen (secondary N) is 2. The summed E-state index contributed by atoms with van der Waals surface area (Å²) in [5.74, 6) is -1.81. The van der Waals surface area contributed by atoms with Crippen LogP contribution in [0.4, 0.5) is 19.6 Å². The molecule has 0 spiro atoms. The Balaban J connectivity index is 1.29. The van der Waals surface area contributed by atoms with E-state index in [0.717, 1.165) is 43.9 Å². The largest absolute Gasteiger partial charge is 0.446 e. The normalized spacial score (nSPS) is 24.2. The molecule has 52 heavy (non-hydrogen) atoms. The van der Waals surface area contributed by atoms with E-state index >= 15 is 0 Å². The molecule has 1 amide bonds. The Morgan fingerprint density at radius 1 is 1.02 bits per heavy atom. The summed E-state index contributed by atoms with van der Waals surface area (Å²) in [6, 6.07) is 5.08. The van der Waals surface area contributed by atoms with Crippen molar-refractivity contribution < 1.29 is 50.5 Å². The first kappa shape index (κ1) is 38.3. The SMILES string of the molecule is CC(C)Nc1nc2cc3c(cc2o1)S(=O)(=O)N(C[C@@H](O)[C@H](Cc1cc(F)cc(F)c1)NC(=O)O[C@H]1CCO[C@H]2OCC[C@H]21)CCCCCCCOC3. The Hall–Kier alpha value is -3.41. The molecule has 13 nitrogen and oxygen atoms in total. The van der Waals surface area contributed by atoms with Gasteiger partial charge in [0, 0.05) is 55.8 Å². The number of alkyl carbamates (subject to hydrolysis) is 1. The maximum absolute atomic E-state index is 14.6. The second-order valence-electron chi connectivity index (χ2n) is 14.0. The van der Waals surface area contributed by atoms with Crippen molar-refractivity contribution in [2.24, 2.45) is 5.92 Å². The van der Waals surface area contributed by atoms with Gasteiger partial charge in [0.25, 0.3) is 6.01 Å². The summed E-state index contributed by atoms with van der Waals surface area (Å²) in [5.41, 5.74) is 1.26. The molecule has 16 heteroatoms. The molecule has 5 atom stereocenters. The van der Waals surface area contributed by atoms with Crippen LogP contribution >= 0.6 is 0 Å². The Morgan fingerprint density at radius 2 is 1.75 bits per heavy atom. The van der Waals surface area contributed by atoms with Gasteiger partial charge in [0.2, 0.25) is 10.0 Å². The zero-order valence-electron chi connectivity index (χ0n) is 29.5. The topological polar surface area (TPSA) is 162 Å². The first-order chi connectivity index (χ1) is 25.0. The lowest BCUT2D eigenvalue weighted by molar-refractivity contribution is -0.179. The predicted octanol–water partition coefficient (Wildman–Crippen LogP) is 5.25. The molecule has 3 aliphatic heterocycles. The molecule has 3 aliphatic rings. The van der Waals surface area contributed by atoms with Gasteiger partial charge in [-0.25, -0.2) is 22.0 Å². The fourth-order valence-corrected chi connectivity index (χ4v) is 8.71. The number of fused-ring (bicyclic) bond motifs is 3. The van der Waals surface area contributed by atoms with Crippen LogP contribution in [0.2, 0.25) is 0 Å². The molecule has 4 heterocycles. The van der Waals surface area contributed by atoms with Crippen LogP contribution in [0.25, 0.3) is 11.1 Å². The summed E-state index contributed by atoms with van der Waals surface area (Å²) in [6.07, 6.45) is 1.39. The van der Waals surface area contributed by atoms with Crippen LogP contribution in [0.3, 0.4) is 0 Å². The molecule has 0 bridgehead atoms. The average Bonchev–Trinajstić information content (AvgIpc) is 3.72. The van der Waals surface area contributed by atoms with Crippen molar-refractivity contribution in [3.05, 3.63) is 53.1 Å². The Kier molecular flexibility index (Phi) is 12.6. The van der Waals surface area contributed by atoms with E-state index in [1.54, 1.807) is 6.07 Å². The summed E-state index contributed by atoms with van der Waals surface area (Å²) in [4.78, 5) is 17.8. The van der Waals surface area contributed by atoms with E-state index in [2.05, 4.69) is 15.6 Å². The fourth-order valence-electron chi connectivity index (χ4n) is 7.01. The number of nitrogens with zero attached hydrogens (tertiary/aromatic N) is 2.